The summed E-state index contributed by atoms with van der Waals surface area (Å²) in [5.41, 5.74) is 1.40. The van der Waals surface area contributed by atoms with Gasteiger partial charge in [-0.15, -0.1) is 0 Å². The summed E-state index contributed by atoms with van der Waals surface area (Å²) in [7, 11) is 1.53. The Morgan fingerprint density at radius 3 is 2.64 bits per heavy atom. The van der Waals surface area contributed by atoms with Crippen LogP contribution < -0.4 is 9.47 Å². The highest BCUT2D eigenvalue weighted by molar-refractivity contribution is 9.10. The zero-order chi connectivity index (χ0) is 26.2. The predicted octanol–water partition coefficient (Wildman–Crippen LogP) is 7.28. The van der Waals surface area contributed by atoms with Crippen LogP contribution in [0.25, 0.3) is 6.08 Å². The van der Waals surface area contributed by atoms with E-state index < -0.39 is 0 Å². The molecule has 0 spiro atoms. The number of hydrogen-bond donors (Lipinski definition) is 0. The first kappa shape index (κ1) is 28.8. The molecule has 0 unspecified atom stereocenters. The number of hydrogen-bond acceptors (Lipinski definition) is 7. The number of carbonyl (C=O) groups excluding carboxylic acids is 2. The van der Waals surface area contributed by atoms with E-state index >= 15 is 0 Å². The summed E-state index contributed by atoms with van der Waals surface area (Å²) in [6, 6.07) is 8.85. The second kappa shape index (κ2) is 13.7. The van der Waals surface area contributed by atoms with E-state index in [1.54, 1.807) is 30.3 Å². The number of rotatable bonds is 11. The van der Waals surface area contributed by atoms with Crippen LogP contribution in [0.4, 0.5) is 0 Å². The Kier molecular flexibility index (Phi) is 10.9. The second-order valence-electron chi connectivity index (χ2n) is 7.68. The first-order chi connectivity index (χ1) is 17.2. The molecule has 1 saturated heterocycles. The summed E-state index contributed by atoms with van der Waals surface area (Å²) >= 11 is 22.6. The molecule has 1 heterocycles. The molecule has 0 N–H and O–H groups in total. The number of ether oxygens (including phenoxy) is 3. The van der Waals surface area contributed by atoms with E-state index in [1.807, 2.05) is 13.0 Å². The molecule has 6 nitrogen and oxygen atoms in total. The lowest BCUT2D eigenvalue weighted by atomic mass is 10.1. The van der Waals surface area contributed by atoms with Crippen molar-refractivity contribution in [2.75, 3.05) is 20.3 Å². The number of nitrogens with zero attached hydrogens (tertiary/aromatic N) is 1. The first-order valence-electron chi connectivity index (χ1n) is 11.1. The van der Waals surface area contributed by atoms with Crippen molar-refractivity contribution in [3.8, 4) is 11.5 Å². The van der Waals surface area contributed by atoms with Crippen LogP contribution >= 0.6 is 63.1 Å². The lowest BCUT2D eigenvalue weighted by molar-refractivity contribution is -0.144. The van der Waals surface area contributed by atoms with Crippen LogP contribution in [0.3, 0.4) is 0 Å². The molecule has 2 aromatic carbocycles. The van der Waals surface area contributed by atoms with Crippen LogP contribution in [0.15, 0.2) is 39.7 Å². The van der Waals surface area contributed by atoms with Crippen LogP contribution in [0, 0.1) is 0 Å². The van der Waals surface area contributed by atoms with Gasteiger partial charge in [-0.05, 0) is 64.7 Å². The fraction of sp³-hybridized carbons (Fsp3) is 0.320. The molecule has 3 rings (SSSR count). The molecule has 0 aromatic heterocycles. The second-order valence-corrected chi connectivity index (χ2v) is 11.0. The molecule has 0 saturated carbocycles. The standard InChI is InChI=1S/C25H24BrCl2NO5S2/c1-3-10-33-22(30)8-5-9-29-24(31)21(36-25(29)35)13-15-11-17(26)23(20(12-15)32-2)34-14-16-18(27)6-4-7-19(16)28/h4,6-7,11-13H,3,5,8-10,14H2,1-2H3/b21-13-. The Labute approximate surface area is 238 Å². The molecule has 1 aliphatic rings. The van der Waals surface area contributed by atoms with Gasteiger partial charge in [-0.2, -0.15) is 0 Å². The third kappa shape index (κ3) is 7.38. The third-order valence-electron chi connectivity index (χ3n) is 5.08. The molecule has 0 atom stereocenters. The smallest absolute Gasteiger partial charge is 0.305 e. The van der Waals surface area contributed by atoms with Gasteiger partial charge >= 0.3 is 5.97 Å². The average molecular weight is 633 g/mol. The first-order valence-corrected chi connectivity index (χ1v) is 13.9. The highest BCUT2D eigenvalue weighted by atomic mass is 79.9. The molecule has 0 bridgehead atoms. The van der Waals surface area contributed by atoms with Crippen molar-refractivity contribution in [3.63, 3.8) is 0 Å². The summed E-state index contributed by atoms with van der Waals surface area (Å²) in [5, 5.41) is 1.02. The predicted molar refractivity (Wildman–Crippen MR) is 152 cm³/mol. The average Bonchev–Trinajstić information content (AvgIpc) is 3.10. The number of carbonyl (C=O) groups is 2. The minimum atomic E-state index is -0.270. The summed E-state index contributed by atoms with van der Waals surface area (Å²) < 4.78 is 17.7. The van der Waals surface area contributed by atoms with Gasteiger partial charge in [-0.25, -0.2) is 0 Å². The maximum Gasteiger partial charge on any atom is 0.305 e. The van der Waals surface area contributed by atoms with E-state index in [2.05, 4.69) is 15.9 Å². The van der Waals surface area contributed by atoms with Crippen LogP contribution in [0.1, 0.15) is 37.3 Å². The lowest BCUT2D eigenvalue weighted by Gasteiger charge is -2.15. The monoisotopic (exact) mass is 631 g/mol. The highest BCUT2D eigenvalue weighted by Crippen LogP contribution is 2.40. The summed E-state index contributed by atoms with van der Waals surface area (Å²) in [5.74, 6) is 0.484. The maximum atomic E-state index is 12.9. The zero-order valence-electron chi connectivity index (χ0n) is 19.6. The summed E-state index contributed by atoms with van der Waals surface area (Å²) in [6.45, 7) is 2.84. The molecule has 36 heavy (non-hydrogen) atoms. The molecule has 11 heteroatoms. The van der Waals surface area contributed by atoms with E-state index in [-0.39, 0.29) is 24.9 Å². The minimum absolute atomic E-state index is 0.150. The number of esters is 1. The molecule has 2 aromatic rings. The quantitative estimate of drug-likeness (QED) is 0.147. The third-order valence-corrected chi connectivity index (χ3v) is 7.75. The van der Waals surface area contributed by atoms with Crippen LogP contribution in [0.5, 0.6) is 11.5 Å². The lowest BCUT2D eigenvalue weighted by Crippen LogP contribution is -2.29. The van der Waals surface area contributed by atoms with E-state index in [9.17, 15) is 9.59 Å². The number of benzene rings is 2. The van der Waals surface area contributed by atoms with Crippen molar-refractivity contribution in [3.05, 3.63) is 60.9 Å². The van der Waals surface area contributed by atoms with Crippen LogP contribution in [0.2, 0.25) is 10.0 Å². The van der Waals surface area contributed by atoms with Gasteiger partial charge in [0.25, 0.3) is 5.91 Å². The Morgan fingerprint density at radius 1 is 1.25 bits per heavy atom. The van der Waals surface area contributed by atoms with E-state index in [0.29, 0.717) is 60.4 Å². The van der Waals surface area contributed by atoms with Gasteiger partial charge in [0, 0.05) is 28.6 Å². The van der Waals surface area contributed by atoms with Gasteiger partial charge in [0.15, 0.2) is 11.5 Å². The SMILES string of the molecule is CCCOC(=O)CCCN1C(=O)/C(=C/c2cc(Br)c(OCc3c(Cl)cccc3Cl)c(OC)c2)SC1=S. The molecule has 1 aliphatic heterocycles. The largest absolute Gasteiger partial charge is 0.493 e. The zero-order valence-corrected chi connectivity index (χ0v) is 24.4. The van der Waals surface area contributed by atoms with Crippen molar-refractivity contribution in [1.82, 2.24) is 4.90 Å². The Hall–Kier alpha value is -1.78. The van der Waals surface area contributed by atoms with E-state index in [0.717, 1.165) is 12.0 Å². The Bertz CT molecular complexity index is 1170. The Morgan fingerprint density at radius 2 is 1.97 bits per heavy atom. The topological polar surface area (TPSA) is 65.1 Å². The van der Waals surface area contributed by atoms with Crippen molar-refractivity contribution in [1.29, 1.82) is 0 Å². The maximum absolute atomic E-state index is 12.9. The van der Waals surface area contributed by atoms with Crippen LogP contribution in [-0.4, -0.2) is 41.4 Å². The fourth-order valence-electron chi connectivity index (χ4n) is 3.29. The minimum Gasteiger partial charge on any atom is -0.493 e. The molecular weight excluding hydrogens is 609 g/mol. The number of thioether (sulfide) groups is 1. The number of thiocarbonyl (C=S) groups is 1. The van der Waals surface area contributed by atoms with Crippen molar-refractivity contribution in [2.45, 2.75) is 32.8 Å². The molecule has 0 aliphatic carbocycles. The number of amides is 1. The normalized spacial score (nSPS) is 14.5. The highest BCUT2D eigenvalue weighted by Gasteiger charge is 2.32. The van der Waals surface area contributed by atoms with Crippen molar-refractivity contribution in [2.24, 2.45) is 0 Å². The Balaban J connectivity index is 1.70. The summed E-state index contributed by atoms with van der Waals surface area (Å²) in [4.78, 5) is 26.6. The van der Waals surface area contributed by atoms with Crippen LogP contribution in [-0.2, 0) is 20.9 Å². The molecule has 1 amide bonds. The summed E-state index contributed by atoms with van der Waals surface area (Å²) in [6.07, 6.45) is 3.23. The molecule has 0 radical (unpaired) electrons. The van der Waals surface area contributed by atoms with Gasteiger partial charge in [0.1, 0.15) is 10.9 Å². The molecule has 192 valence electrons. The van der Waals surface area contributed by atoms with E-state index in [4.69, 9.17) is 49.6 Å². The number of halogens is 3. The van der Waals surface area contributed by atoms with E-state index in [1.165, 1.54) is 23.8 Å². The van der Waals surface area contributed by atoms with Gasteiger partial charge in [0.05, 0.1) is 23.1 Å². The van der Waals surface area contributed by atoms with Gasteiger partial charge in [-0.3, -0.25) is 14.5 Å². The number of methoxy groups -OCH3 is 1. The van der Waals surface area contributed by atoms with Gasteiger partial charge in [-0.1, -0.05) is 60.2 Å². The van der Waals surface area contributed by atoms with Gasteiger partial charge < -0.3 is 14.2 Å². The molecule has 1 fully saturated rings. The van der Waals surface area contributed by atoms with Crippen molar-refractivity contribution < 1.29 is 23.8 Å². The molecular formula is C25H24BrCl2NO5S2. The van der Waals surface area contributed by atoms with Crippen molar-refractivity contribution >= 4 is 85.4 Å². The van der Waals surface area contributed by atoms with Gasteiger partial charge in [0.2, 0.25) is 0 Å². The fourth-order valence-corrected chi connectivity index (χ4v) is 5.68.